The van der Waals surface area contributed by atoms with Crippen LogP contribution in [0.4, 0.5) is 9.18 Å². The SMILES string of the molecule is O=C(Cn1cc(/C=C2\SC(=O)N(Cc3ccc(F)cc3)C2=O)c2cc(Br)ccc21)N1CCCCC1. The second kappa shape index (κ2) is 9.99. The molecule has 1 aromatic heterocycles. The molecule has 0 spiro atoms. The van der Waals surface area contributed by atoms with E-state index in [1.807, 2.05) is 33.9 Å². The second-order valence-electron chi connectivity index (χ2n) is 8.71. The number of aromatic nitrogens is 1. The van der Waals surface area contributed by atoms with E-state index < -0.39 is 0 Å². The molecule has 0 atom stereocenters. The van der Waals surface area contributed by atoms with E-state index in [0.717, 1.165) is 65.1 Å². The Hall–Kier alpha value is -2.91. The molecule has 5 rings (SSSR count). The molecular weight excluding hydrogens is 533 g/mol. The maximum absolute atomic E-state index is 13.2. The van der Waals surface area contributed by atoms with Gasteiger partial charge in [0.05, 0.1) is 11.4 Å². The first-order chi connectivity index (χ1) is 16.9. The third-order valence-corrected chi connectivity index (χ3v) is 7.70. The van der Waals surface area contributed by atoms with Gasteiger partial charge in [-0.3, -0.25) is 19.3 Å². The van der Waals surface area contributed by atoms with Crippen LogP contribution in [-0.2, 0) is 22.7 Å². The van der Waals surface area contributed by atoms with Crippen LogP contribution in [0.5, 0.6) is 0 Å². The smallest absolute Gasteiger partial charge is 0.293 e. The van der Waals surface area contributed by atoms with E-state index in [1.165, 1.54) is 17.0 Å². The Bertz CT molecular complexity index is 1350. The van der Waals surface area contributed by atoms with E-state index in [4.69, 9.17) is 0 Å². The largest absolute Gasteiger partial charge is 0.341 e. The van der Waals surface area contributed by atoms with Crippen molar-refractivity contribution in [1.82, 2.24) is 14.4 Å². The number of piperidine rings is 1. The van der Waals surface area contributed by atoms with Crippen LogP contribution in [0.25, 0.3) is 17.0 Å². The Morgan fingerprint density at radius 3 is 2.54 bits per heavy atom. The minimum absolute atomic E-state index is 0.0793. The number of thioether (sulfide) groups is 1. The van der Waals surface area contributed by atoms with Gasteiger partial charge in [-0.2, -0.15) is 0 Å². The van der Waals surface area contributed by atoms with Crippen LogP contribution in [-0.4, -0.2) is 44.5 Å². The van der Waals surface area contributed by atoms with Gasteiger partial charge in [0, 0.05) is 40.2 Å². The number of hydrogen-bond acceptors (Lipinski definition) is 4. The molecule has 3 aromatic rings. The molecule has 2 fully saturated rings. The molecule has 35 heavy (non-hydrogen) atoms. The lowest BCUT2D eigenvalue weighted by molar-refractivity contribution is -0.132. The fraction of sp³-hybridized carbons (Fsp3) is 0.269. The van der Waals surface area contributed by atoms with E-state index in [0.29, 0.717) is 10.5 Å². The fourth-order valence-electron chi connectivity index (χ4n) is 4.48. The van der Waals surface area contributed by atoms with Crippen LogP contribution < -0.4 is 0 Å². The lowest BCUT2D eigenvalue weighted by Gasteiger charge is -2.27. The first-order valence-electron chi connectivity index (χ1n) is 11.4. The highest BCUT2D eigenvalue weighted by Gasteiger charge is 2.35. The van der Waals surface area contributed by atoms with Crippen molar-refractivity contribution in [1.29, 1.82) is 0 Å². The van der Waals surface area contributed by atoms with E-state index in [1.54, 1.807) is 18.2 Å². The van der Waals surface area contributed by atoms with Crippen LogP contribution in [0.15, 0.2) is 58.0 Å². The standard InChI is InChI=1S/C26H23BrFN3O3S/c27-19-6-9-22-21(13-19)18(15-30(22)16-24(32)29-10-2-1-3-11-29)12-23-25(33)31(26(34)35-23)14-17-4-7-20(28)8-5-17/h4-9,12-13,15H,1-3,10-11,14,16H2/b23-12-. The Balaban J connectivity index is 1.43. The molecule has 6 nitrogen and oxygen atoms in total. The number of rotatable bonds is 5. The van der Waals surface area contributed by atoms with Crippen LogP contribution in [0.3, 0.4) is 0 Å². The third kappa shape index (κ3) is 5.06. The van der Waals surface area contributed by atoms with Crippen LogP contribution >= 0.6 is 27.7 Å². The summed E-state index contributed by atoms with van der Waals surface area (Å²) in [5, 5.41) is 0.520. The van der Waals surface area contributed by atoms with Crippen molar-refractivity contribution in [2.75, 3.05) is 13.1 Å². The van der Waals surface area contributed by atoms with Crippen LogP contribution in [0.1, 0.15) is 30.4 Å². The van der Waals surface area contributed by atoms with Gasteiger partial charge in [-0.1, -0.05) is 28.1 Å². The van der Waals surface area contributed by atoms with Crippen LogP contribution in [0, 0.1) is 5.82 Å². The second-order valence-corrected chi connectivity index (χ2v) is 10.6. The summed E-state index contributed by atoms with van der Waals surface area (Å²) < 4.78 is 16.0. The molecule has 3 heterocycles. The summed E-state index contributed by atoms with van der Waals surface area (Å²) in [6.45, 7) is 1.88. The lowest BCUT2D eigenvalue weighted by Crippen LogP contribution is -2.37. The summed E-state index contributed by atoms with van der Waals surface area (Å²) in [7, 11) is 0. The topological polar surface area (TPSA) is 62.6 Å². The first-order valence-corrected chi connectivity index (χ1v) is 13.1. The Morgan fingerprint density at radius 2 is 1.80 bits per heavy atom. The minimum Gasteiger partial charge on any atom is -0.341 e. The highest BCUT2D eigenvalue weighted by atomic mass is 79.9. The maximum atomic E-state index is 13.2. The molecule has 0 radical (unpaired) electrons. The first kappa shape index (κ1) is 23.8. The number of amides is 3. The quantitative estimate of drug-likeness (QED) is 0.374. The summed E-state index contributed by atoms with van der Waals surface area (Å²) in [5.74, 6) is -0.676. The Morgan fingerprint density at radius 1 is 1.06 bits per heavy atom. The number of likely N-dealkylation sites (tertiary alicyclic amines) is 1. The fourth-order valence-corrected chi connectivity index (χ4v) is 5.67. The Kier molecular flexibility index (Phi) is 6.80. The van der Waals surface area contributed by atoms with Crippen molar-refractivity contribution in [2.45, 2.75) is 32.4 Å². The van der Waals surface area contributed by atoms with Gasteiger partial charge in [0.15, 0.2) is 0 Å². The normalized spacial score (nSPS) is 17.7. The number of imide groups is 1. The van der Waals surface area contributed by atoms with Crippen LogP contribution in [0.2, 0.25) is 0 Å². The highest BCUT2D eigenvalue weighted by molar-refractivity contribution is 9.10. The molecule has 2 aliphatic heterocycles. The molecule has 0 unspecified atom stereocenters. The monoisotopic (exact) mass is 555 g/mol. The van der Waals surface area contributed by atoms with Gasteiger partial charge >= 0.3 is 0 Å². The molecule has 2 saturated heterocycles. The van der Waals surface area contributed by atoms with Gasteiger partial charge in [-0.15, -0.1) is 0 Å². The van der Waals surface area contributed by atoms with Crippen molar-refractivity contribution in [3.63, 3.8) is 0 Å². The molecule has 180 valence electrons. The molecule has 9 heteroatoms. The summed E-state index contributed by atoms with van der Waals surface area (Å²) in [6, 6.07) is 11.6. The van der Waals surface area contributed by atoms with Crippen molar-refractivity contribution in [2.24, 2.45) is 0 Å². The molecule has 0 aliphatic carbocycles. The number of carbonyl (C=O) groups is 3. The molecule has 2 aromatic carbocycles. The van der Waals surface area contributed by atoms with Crippen molar-refractivity contribution in [3.8, 4) is 0 Å². The molecule has 0 bridgehead atoms. The zero-order chi connectivity index (χ0) is 24.5. The summed E-state index contributed by atoms with van der Waals surface area (Å²) in [6.07, 6.45) is 6.80. The van der Waals surface area contributed by atoms with Crippen molar-refractivity contribution >= 4 is 61.7 Å². The lowest BCUT2D eigenvalue weighted by atomic mass is 10.1. The number of hydrogen-bond donors (Lipinski definition) is 0. The molecule has 3 amide bonds. The molecule has 0 saturated carbocycles. The Labute approximate surface area is 214 Å². The average molecular weight is 556 g/mol. The van der Waals surface area contributed by atoms with Gasteiger partial charge in [-0.05, 0) is 73.0 Å². The summed E-state index contributed by atoms with van der Waals surface area (Å²) in [4.78, 5) is 41.9. The van der Waals surface area contributed by atoms with Gasteiger partial charge in [0.1, 0.15) is 12.4 Å². The summed E-state index contributed by atoms with van der Waals surface area (Å²) >= 11 is 4.39. The van der Waals surface area contributed by atoms with Gasteiger partial charge in [0.2, 0.25) is 5.91 Å². The third-order valence-electron chi connectivity index (χ3n) is 6.30. The predicted molar refractivity (Wildman–Crippen MR) is 138 cm³/mol. The van der Waals surface area contributed by atoms with Crippen molar-refractivity contribution < 1.29 is 18.8 Å². The number of halogens is 2. The van der Waals surface area contributed by atoms with E-state index >= 15 is 0 Å². The average Bonchev–Trinajstić information content (AvgIpc) is 3.32. The molecule has 0 N–H and O–H groups in total. The highest BCUT2D eigenvalue weighted by Crippen LogP contribution is 2.35. The van der Waals surface area contributed by atoms with Crippen molar-refractivity contribution in [3.05, 3.63) is 75.0 Å². The number of nitrogens with zero attached hydrogens (tertiary/aromatic N) is 3. The molecule has 2 aliphatic rings. The van der Waals surface area contributed by atoms with Gasteiger partial charge in [-0.25, -0.2) is 4.39 Å². The number of benzene rings is 2. The van der Waals surface area contributed by atoms with E-state index in [-0.39, 0.29) is 36.0 Å². The van der Waals surface area contributed by atoms with Gasteiger partial charge in [0.25, 0.3) is 11.1 Å². The predicted octanol–water partition coefficient (Wildman–Crippen LogP) is 5.79. The zero-order valence-corrected chi connectivity index (χ0v) is 21.3. The van der Waals surface area contributed by atoms with E-state index in [2.05, 4.69) is 15.9 Å². The molecular formula is C26H23BrFN3O3S. The van der Waals surface area contributed by atoms with E-state index in [9.17, 15) is 18.8 Å². The minimum atomic E-state index is -0.385. The van der Waals surface area contributed by atoms with Gasteiger partial charge < -0.3 is 9.47 Å². The maximum Gasteiger partial charge on any atom is 0.293 e. The summed E-state index contributed by atoms with van der Waals surface area (Å²) in [5.41, 5.74) is 2.32. The number of carbonyl (C=O) groups excluding carboxylic acids is 3. The number of fused-ring (bicyclic) bond motifs is 1. The zero-order valence-electron chi connectivity index (χ0n) is 18.9.